The first-order chi connectivity index (χ1) is 5.29. The highest BCUT2D eigenvalue weighted by molar-refractivity contribution is 7.35. The molecule has 0 saturated heterocycles. The second-order valence-corrected chi connectivity index (χ2v) is 2.65. The van der Waals surface area contributed by atoms with Gasteiger partial charge in [0.25, 0.3) is 0 Å². The number of nitrogens with one attached hydrogen (secondary N) is 2. The van der Waals surface area contributed by atoms with Crippen molar-refractivity contribution in [2.24, 2.45) is 0 Å². The third-order valence-corrected chi connectivity index (χ3v) is 1.37. The molecule has 0 amide bonds. The molecule has 0 radical (unpaired) electrons. The molecule has 4 nitrogen and oxygen atoms in total. The molecule has 0 aliphatic rings. The van der Waals surface area contributed by atoms with Gasteiger partial charge in [-0.15, -0.1) is 4.89 Å². The molecule has 0 aliphatic heterocycles. The van der Waals surface area contributed by atoms with Crippen molar-refractivity contribution >= 4 is 13.9 Å². The van der Waals surface area contributed by atoms with Gasteiger partial charge in [-0.1, -0.05) is 18.2 Å². The van der Waals surface area contributed by atoms with Gasteiger partial charge in [0.05, 0.1) is 5.69 Å². The largest absolute Gasteiger partial charge is 0.630 e. The third-order valence-electron chi connectivity index (χ3n) is 1.07. The van der Waals surface area contributed by atoms with Gasteiger partial charge in [0.15, 0.2) is 0 Å². The normalized spacial score (nSPS) is 10.8. The van der Waals surface area contributed by atoms with Crippen LogP contribution in [0.1, 0.15) is 0 Å². The van der Waals surface area contributed by atoms with E-state index in [1.165, 1.54) is 0 Å². The number of hydrazine groups is 1. The van der Waals surface area contributed by atoms with Gasteiger partial charge in [-0.05, 0) is 16.7 Å². The van der Waals surface area contributed by atoms with E-state index in [2.05, 4.69) is 10.6 Å². The molecule has 58 valence electrons. The molecule has 0 spiro atoms. The van der Waals surface area contributed by atoms with Crippen molar-refractivity contribution in [1.29, 1.82) is 0 Å². The molecule has 0 fully saturated rings. The van der Waals surface area contributed by atoms with E-state index in [9.17, 15) is 4.57 Å². The summed E-state index contributed by atoms with van der Waals surface area (Å²) >= 11 is 0. The van der Waals surface area contributed by atoms with Crippen LogP contribution in [0.5, 0.6) is 0 Å². The summed E-state index contributed by atoms with van der Waals surface area (Å²) in [5.41, 5.74) is 3.31. The lowest BCUT2D eigenvalue weighted by Crippen LogP contribution is -2.11. The summed E-state index contributed by atoms with van der Waals surface area (Å²) in [7, 11) is -2.34. The van der Waals surface area contributed by atoms with E-state index in [0.29, 0.717) is 0 Å². The minimum Gasteiger partial charge on any atom is -0.280 e. The fourth-order valence-corrected chi connectivity index (χ4v) is 0.859. The zero-order valence-corrected chi connectivity index (χ0v) is 6.58. The molecule has 11 heavy (non-hydrogen) atoms. The Morgan fingerprint density at radius 1 is 1.27 bits per heavy atom. The SMILES string of the molecule is O=[P+](O)NNc1ccccc1. The van der Waals surface area contributed by atoms with Crippen LogP contribution in [0.2, 0.25) is 0 Å². The molecular formula is C6H8N2O2P+. The summed E-state index contributed by atoms with van der Waals surface area (Å²) in [6.45, 7) is 0. The van der Waals surface area contributed by atoms with Crippen LogP contribution in [0.15, 0.2) is 30.3 Å². The van der Waals surface area contributed by atoms with Crippen LogP contribution in [0, 0.1) is 0 Å². The Hall–Kier alpha value is -0.960. The van der Waals surface area contributed by atoms with Crippen LogP contribution in [-0.2, 0) is 4.57 Å². The molecule has 0 aliphatic carbocycles. The first-order valence-corrected chi connectivity index (χ1v) is 4.23. The predicted molar refractivity (Wildman–Crippen MR) is 43.0 cm³/mol. The Labute approximate surface area is 65.1 Å². The number of hydrogen-bond acceptors (Lipinski definition) is 2. The van der Waals surface area contributed by atoms with Gasteiger partial charge < -0.3 is 0 Å². The van der Waals surface area contributed by atoms with Gasteiger partial charge in [-0.25, -0.2) is 0 Å². The molecule has 1 unspecified atom stereocenters. The smallest absolute Gasteiger partial charge is 0.280 e. The van der Waals surface area contributed by atoms with Gasteiger partial charge in [0, 0.05) is 5.20 Å². The van der Waals surface area contributed by atoms with Crippen molar-refractivity contribution in [3.63, 3.8) is 0 Å². The van der Waals surface area contributed by atoms with E-state index >= 15 is 0 Å². The third kappa shape index (κ3) is 3.09. The maximum atomic E-state index is 10.1. The second-order valence-electron chi connectivity index (χ2n) is 1.88. The average molecular weight is 171 g/mol. The van der Waals surface area contributed by atoms with Crippen LogP contribution >= 0.6 is 8.18 Å². The van der Waals surface area contributed by atoms with E-state index in [4.69, 9.17) is 4.89 Å². The van der Waals surface area contributed by atoms with E-state index in [-0.39, 0.29) is 0 Å². The molecule has 1 aromatic carbocycles. The molecule has 5 heteroatoms. The molecule has 1 rings (SSSR count). The standard InChI is InChI=1S/C6H7N2O2P/c9-11(10)8-7-6-4-2-1-3-5-6/h1-5,7H,(H-,8,9,10)/p+1. The van der Waals surface area contributed by atoms with Crippen molar-refractivity contribution in [2.45, 2.75) is 0 Å². The molecule has 0 bridgehead atoms. The maximum absolute atomic E-state index is 10.1. The average Bonchev–Trinajstić information content (AvgIpc) is 2.03. The monoisotopic (exact) mass is 171 g/mol. The number of benzene rings is 1. The van der Waals surface area contributed by atoms with E-state index in [1.807, 2.05) is 18.2 Å². The zero-order valence-electron chi connectivity index (χ0n) is 5.69. The minimum atomic E-state index is -2.34. The van der Waals surface area contributed by atoms with E-state index in [0.717, 1.165) is 5.69 Å². The highest BCUT2D eigenvalue weighted by Gasteiger charge is 2.06. The highest BCUT2D eigenvalue weighted by atomic mass is 31.1. The molecule has 0 saturated carbocycles. The van der Waals surface area contributed by atoms with Crippen molar-refractivity contribution in [2.75, 3.05) is 5.43 Å². The Morgan fingerprint density at radius 2 is 1.91 bits per heavy atom. The highest BCUT2D eigenvalue weighted by Crippen LogP contribution is 2.08. The van der Waals surface area contributed by atoms with E-state index in [1.54, 1.807) is 12.1 Å². The number of hydrogen-bond donors (Lipinski definition) is 3. The molecule has 3 N–H and O–H groups in total. The zero-order chi connectivity index (χ0) is 8.10. The maximum Gasteiger partial charge on any atom is 0.630 e. The summed E-state index contributed by atoms with van der Waals surface area (Å²) in [4.78, 5) is 8.35. The Balaban J connectivity index is 2.45. The Kier molecular flexibility index (Phi) is 2.98. The second kappa shape index (κ2) is 4.03. The van der Waals surface area contributed by atoms with Gasteiger partial charge in [0.2, 0.25) is 0 Å². The quantitative estimate of drug-likeness (QED) is 0.473. The van der Waals surface area contributed by atoms with E-state index < -0.39 is 8.18 Å². The van der Waals surface area contributed by atoms with Crippen LogP contribution in [0.25, 0.3) is 0 Å². The number of anilines is 1. The van der Waals surface area contributed by atoms with Crippen molar-refractivity contribution in [3.8, 4) is 0 Å². The number of para-hydroxylation sites is 1. The summed E-state index contributed by atoms with van der Waals surface area (Å²) in [6.07, 6.45) is 0. The van der Waals surface area contributed by atoms with Crippen molar-refractivity contribution in [1.82, 2.24) is 5.20 Å². The lowest BCUT2D eigenvalue weighted by atomic mass is 10.3. The molecule has 0 aromatic heterocycles. The van der Waals surface area contributed by atoms with Crippen molar-refractivity contribution < 1.29 is 9.46 Å². The summed E-state index contributed by atoms with van der Waals surface area (Å²) in [6, 6.07) is 9.09. The van der Waals surface area contributed by atoms with Gasteiger partial charge in [-0.2, -0.15) is 0 Å². The predicted octanol–water partition coefficient (Wildman–Crippen LogP) is 1.25. The lowest BCUT2D eigenvalue weighted by Gasteiger charge is -1.96. The fraction of sp³-hybridized carbons (Fsp3) is 0. The fourth-order valence-electron chi connectivity index (χ4n) is 0.634. The van der Waals surface area contributed by atoms with Gasteiger partial charge in [-0.3, -0.25) is 5.43 Å². The minimum absolute atomic E-state index is 0.755. The van der Waals surface area contributed by atoms with Crippen LogP contribution < -0.4 is 10.6 Å². The van der Waals surface area contributed by atoms with Gasteiger partial charge >= 0.3 is 8.18 Å². The van der Waals surface area contributed by atoms with Crippen LogP contribution in [0.3, 0.4) is 0 Å². The molecular weight excluding hydrogens is 163 g/mol. The summed E-state index contributed by atoms with van der Waals surface area (Å²) in [5, 5.41) is 2.18. The Bertz CT molecular complexity index is 240. The lowest BCUT2D eigenvalue weighted by molar-refractivity contribution is 0.494. The van der Waals surface area contributed by atoms with Crippen LogP contribution in [0.4, 0.5) is 5.69 Å². The Morgan fingerprint density at radius 3 is 2.45 bits per heavy atom. The number of rotatable bonds is 3. The first kappa shape index (κ1) is 8.14. The molecule has 1 atom stereocenters. The first-order valence-electron chi connectivity index (χ1n) is 3.02. The summed E-state index contributed by atoms with van der Waals surface area (Å²) in [5.74, 6) is 0. The summed E-state index contributed by atoms with van der Waals surface area (Å²) < 4.78 is 10.1. The van der Waals surface area contributed by atoms with Gasteiger partial charge in [0.1, 0.15) is 0 Å². The van der Waals surface area contributed by atoms with Crippen molar-refractivity contribution in [3.05, 3.63) is 30.3 Å². The molecule has 1 aromatic rings. The van der Waals surface area contributed by atoms with Crippen LogP contribution in [-0.4, -0.2) is 4.89 Å². The molecule has 0 heterocycles. The topological polar surface area (TPSA) is 61.4 Å².